The molecular weight excluding hydrogens is 436 g/mol. The lowest BCUT2D eigenvalue weighted by Gasteiger charge is -2.32. The van der Waals surface area contributed by atoms with E-state index in [9.17, 15) is 20.1 Å². The van der Waals surface area contributed by atoms with Gasteiger partial charge in [0.25, 0.3) is 0 Å². The number of phenols is 2. The number of carbonyl (C=O) groups excluding carboxylic acids is 1. The van der Waals surface area contributed by atoms with Gasteiger partial charge >= 0.3 is 5.97 Å². The number of aryl methyl sites for hydroxylation is 1. The number of carbonyl (C=O) groups is 1. The normalized spacial score (nSPS) is 23.5. The second-order valence-corrected chi connectivity index (χ2v) is 10.3. The molecule has 0 amide bonds. The molecule has 3 heterocycles. The number of esters is 1. The Hall–Kier alpha value is -3.45. The molecule has 0 saturated carbocycles. The highest BCUT2D eigenvalue weighted by Crippen LogP contribution is 2.43. The molecule has 0 spiro atoms. The first-order chi connectivity index (χ1) is 15.9. The van der Waals surface area contributed by atoms with Crippen molar-refractivity contribution in [2.24, 2.45) is 0 Å². The van der Waals surface area contributed by atoms with Gasteiger partial charge in [0.15, 0.2) is 11.5 Å². The second-order valence-electron chi connectivity index (χ2n) is 10.3. The standard InChI is InChI=1S/C27H28O7/c1-26(2)8-7-15-11-17(19(29)13-20(15)33-26)23-24(30)21(32-25(23)31)10-14-5-6-18(28)16(9-14)12-22-27(3,4)34-22/h5-6,9-11,13,22,28-30H,7-8,12H2,1-4H3. The summed E-state index contributed by atoms with van der Waals surface area (Å²) in [5, 5.41) is 31.7. The molecule has 178 valence electrons. The Morgan fingerprint density at radius 2 is 1.79 bits per heavy atom. The monoisotopic (exact) mass is 464 g/mol. The Morgan fingerprint density at radius 1 is 1.06 bits per heavy atom. The number of cyclic esters (lactones) is 1. The fourth-order valence-electron chi connectivity index (χ4n) is 4.47. The van der Waals surface area contributed by atoms with Crippen LogP contribution in [0.25, 0.3) is 11.6 Å². The van der Waals surface area contributed by atoms with Gasteiger partial charge in [0.05, 0.1) is 11.7 Å². The molecule has 0 bridgehead atoms. The van der Waals surface area contributed by atoms with Crippen molar-refractivity contribution >= 4 is 17.6 Å². The molecule has 3 aliphatic rings. The highest BCUT2D eigenvalue weighted by molar-refractivity contribution is 6.21. The molecule has 1 saturated heterocycles. The van der Waals surface area contributed by atoms with E-state index >= 15 is 0 Å². The van der Waals surface area contributed by atoms with Crippen molar-refractivity contribution in [3.63, 3.8) is 0 Å². The highest BCUT2D eigenvalue weighted by atomic mass is 16.6. The van der Waals surface area contributed by atoms with E-state index in [4.69, 9.17) is 14.2 Å². The van der Waals surface area contributed by atoms with Crippen molar-refractivity contribution in [3.8, 4) is 17.2 Å². The van der Waals surface area contributed by atoms with Crippen molar-refractivity contribution in [1.82, 2.24) is 0 Å². The number of fused-ring (bicyclic) bond motifs is 1. The summed E-state index contributed by atoms with van der Waals surface area (Å²) in [5.74, 6) is -0.563. The first-order valence-electron chi connectivity index (χ1n) is 11.4. The van der Waals surface area contributed by atoms with Gasteiger partial charge < -0.3 is 29.5 Å². The second kappa shape index (κ2) is 7.53. The SMILES string of the molecule is CC1(C)CCc2cc(C3=C(O)C(=Cc4ccc(O)c(CC5OC5(C)C)c4)OC3=O)c(O)cc2O1. The van der Waals surface area contributed by atoms with Gasteiger partial charge in [-0.1, -0.05) is 6.07 Å². The molecule has 0 radical (unpaired) electrons. The summed E-state index contributed by atoms with van der Waals surface area (Å²) in [4.78, 5) is 12.7. The predicted molar refractivity (Wildman–Crippen MR) is 126 cm³/mol. The van der Waals surface area contributed by atoms with Crippen LogP contribution in [-0.2, 0) is 27.1 Å². The van der Waals surface area contributed by atoms with Crippen LogP contribution in [0.5, 0.6) is 17.2 Å². The van der Waals surface area contributed by atoms with Crippen LogP contribution in [0.2, 0.25) is 0 Å². The molecule has 3 aliphatic heterocycles. The number of hydrogen-bond acceptors (Lipinski definition) is 7. The predicted octanol–water partition coefficient (Wildman–Crippen LogP) is 4.79. The van der Waals surface area contributed by atoms with E-state index in [-0.39, 0.29) is 51.5 Å². The third-order valence-electron chi connectivity index (χ3n) is 6.68. The van der Waals surface area contributed by atoms with Crippen LogP contribution < -0.4 is 4.74 Å². The summed E-state index contributed by atoms with van der Waals surface area (Å²) in [5.41, 5.74) is 1.76. The highest BCUT2D eigenvalue weighted by Gasteiger charge is 2.47. The van der Waals surface area contributed by atoms with Gasteiger partial charge in [-0.2, -0.15) is 0 Å². The largest absolute Gasteiger partial charge is 0.508 e. The van der Waals surface area contributed by atoms with Crippen molar-refractivity contribution in [2.75, 3.05) is 0 Å². The fraction of sp³-hybridized carbons (Fsp3) is 0.370. The summed E-state index contributed by atoms with van der Waals surface area (Å²) in [6, 6.07) is 8.15. The van der Waals surface area contributed by atoms with E-state index < -0.39 is 5.97 Å². The van der Waals surface area contributed by atoms with Crippen LogP contribution in [0.15, 0.2) is 41.9 Å². The fourth-order valence-corrected chi connectivity index (χ4v) is 4.47. The first-order valence-corrected chi connectivity index (χ1v) is 11.4. The van der Waals surface area contributed by atoms with Gasteiger partial charge in [-0.25, -0.2) is 4.79 Å². The Labute approximate surface area is 197 Å². The zero-order valence-electron chi connectivity index (χ0n) is 19.6. The molecule has 2 aromatic rings. The third-order valence-corrected chi connectivity index (χ3v) is 6.68. The number of hydrogen-bond donors (Lipinski definition) is 3. The maximum atomic E-state index is 12.7. The maximum absolute atomic E-state index is 12.7. The molecule has 1 unspecified atom stereocenters. The molecule has 5 rings (SSSR count). The van der Waals surface area contributed by atoms with Crippen LogP contribution in [0.4, 0.5) is 0 Å². The molecule has 1 fully saturated rings. The van der Waals surface area contributed by atoms with Gasteiger partial charge in [-0.15, -0.1) is 0 Å². The Balaban J connectivity index is 1.47. The summed E-state index contributed by atoms with van der Waals surface area (Å²) < 4.78 is 16.9. The number of ether oxygens (including phenoxy) is 3. The lowest BCUT2D eigenvalue weighted by atomic mass is 9.91. The summed E-state index contributed by atoms with van der Waals surface area (Å²) >= 11 is 0. The van der Waals surface area contributed by atoms with Crippen molar-refractivity contribution in [3.05, 3.63) is 64.1 Å². The number of epoxide rings is 1. The zero-order chi connectivity index (χ0) is 24.4. The van der Waals surface area contributed by atoms with Gasteiger partial charge in [0.1, 0.15) is 28.4 Å². The van der Waals surface area contributed by atoms with Gasteiger partial charge in [0, 0.05) is 18.1 Å². The van der Waals surface area contributed by atoms with Gasteiger partial charge in [-0.05, 0) is 81.5 Å². The minimum absolute atomic E-state index is 0.0193. The molecule has 0 aliphatic carbocycles. The Kier molecular flexibility index (Phi) is 4.95. The number of aromatic hydroxyl groups is 2. The van der Waals surface area contributed by atoms with Crippen molar-refractivity contribution in [2.45, 2.75) is 64.3 Å². The Bertz CT molecular complexity index is 1270. The van der Waals surface area contributed by atoms with E-state index in [1.807, 2.05) is 27.7 Å². The van der Waals surface area contributed by atoms with Gasteiger partial charge in [-0.3, -0.25) is 0 Å². The van der Waals surface area contributed by atoms with Crippen LogP contribution in [0.1, 0.15) is 56.4 Å². The quantitative estimate of drug-likeness (QED) is 0.441. The molecular formula is C27H28O7. The number of aliphatic hydroxyl groups is 1. The lowest BCUT2D eigenvalue weighted by molar-refractivity contribution is -0.131. The minimum atomic E-state index is -0.747. The zero-order valence-corrected chi connectivity index (χ0v) is 19.6. The van der Waals surface area contributed by atoms with E-state index in [1.165, 1.54) is 12.1 Å². The average Bonchev–Trinajstić information content (AvgIpc) is 3.25. The van der Waals surface area contributed by atoms with E-state index in [2.05, 4.69) is 0 Å². The molecule has 0 aromatic heterocycles. The van der Waals surface area contributed by atoms with Crippen LogP contribution >= 0.6 is 0 Å². The minimum Gasteiger partial charge on any atom is -0.508 e. The van der Waals surface area contributed by atoms with Crippen molar-refractivity contribution in [1.29, 1.82) is 0 Å². The molecule has 3 N–H and O–H groups in total. The van der Waals surface area contributed by atoms with Crippen LogP contribution in [0, 0.1) is 0 Å². The average molecular weight is 465 g/mol. The molecule has 2 aromatic carbocycles. The topological polar surface area (TPSA) is 109 Å². The van der Waals surface area contributed by atoms with Crippen molar-refractivity contribution < 1.29 is 34.3 Å². The van der Waals surface area contributed by atoms with E-state index in [0.29, 0.717) is 23.3 Å². The van der Waals surface area contributed by atoms with Gasteiger partial charge in [0.2, 0.25) is 0 Å². The molecule has 1 atom stereocenters. The lowest BCUT2D eigenvalue weighted by Crippen LogP contribution is -2.32. The van der Waals surface area contributed by atoms with Crippen LogP contribution in [0.3, 0.4) is 0 Å². The maximum Gasteiger partial charge on any atom is 0.348 e. The van der Waals surface area contributed by atoms with E-state index in [1.54, 1.807) is 24.3 Å². The number of aliphatic hydroxyl groups excluding tert-OH is 1. The molecule has 7 heteroatoms. The van der Waals surface area contributed by atoms with E-state index in [0.717, 1.165) is 18.4 Å². The number of phenolic OH excluding ortho intramolecular Hbond substituents is 2. The van der Waals surface area contributed by atoms with Crippen LogP contribution in [-0.4, -0.2) is 38.6 Å². The summed E-state index contributed by atoms with van der Waals surface area (Å²) in [6.45, 7) is 7.94. The molecule has 7 nitrogen and oxygen atoms in total. The molecule has 34 heavy (non-hydrogen) atoms. The number of rotatable bonds is 4. The number of benzene rings is 2. The summed E-state index contributed by atoms with van der Waals surface area (Å²) in [6.07, 6.45) is 3.61. The first kappa shape index (κ1) is 22.3. The smallest absolute Gasteiger partial charge is 0.348 e. The Morgan fingerprint density at radius 3 is 2.50 bits per heavy atom. The summed E-state index contributed by atoms with van der Waals surface area (Å²) in [7, 11) is 0. The third kappa shape index (κ3) is 4.01.